The number of methoxy groups -OCH3 is 2. The molecule has 2 N–H and O–H groups in total. The Kier molecular flexibility index (Phi) is 8.87. The fourth-order valence-corrected chi connectivity index (χ4v) is 6.04. The van der Waals surface area contributed by atoms with Gasteiger partial charge in [-0.25, -0.2) is 9.97 Å². The number of thiophene rings is 1. The Morgan fingerprint density at radius 3 is 2.03 bits per heavy atom. The summed E-state index contributed by atoms with van der Waals surface area (Å²) in [4.78, 5) is 55.9. The fraction of sp³-hybridized carbons (Fsp3) is 0.333. The second-order valence-corrected chi connectivity index (χ2v) is 10.9. The van der Waals surface area contributed by atoms with Crippen molar-refractivity contribution in [3.63, 3.8) is 0 Å². The lowest BCUT2D eigenvalue weighted by Crippen LogP contribution is -2.03. The molecule has 3 heterocycles. The summed E-state index contributed by atoms with van der Waals surface area (Å²) in [5.41, 5.74) is 2.98. The van der Waals surface area contributed by atoms with Gasteiger partial charge in [-0.15, -0.1) is 22.7 Å². The van der Waals surface area contributed by atoms with Crippen molar-refractivity contribution in [1.82, 2.24) is 9.97 Å². The number of carboxylic acids is 2. The molecule has 0 radical (unpaired) electrons. The highest BCUT2D eigenvalue weighted by Crippen LogP contribution is 2.33. The number of carboxylic acid groups (broad SMARTS) is 2. The van der Waals surface area contributed by atoms with Crippen LogP contribution in [0, 0.1) is 0 Å². The second-order valence-electron chi connectivity index (χ2n) is 8.77. The smallest absolute Gasteiger partial charge is 0.303 e. The van der Waals surface area contributed by atoms with Gasteiger partial charge in [0.15, 0.2) is 16.6 Å². The number of carbonyl (C=O) groups is 4. The van der Waals surface area contributed by atoms with Crippen LogP contribution in [-0.4, -0.2) is 57.9 Å². The summed E-state index contributed by atoms with van der Waals surface area (Å²) in [5.74, 6) is -1.28. The highest BCUT2D eigenvalue weighted by molar-refractivity contribution is 7.21. The number of carbonyl (C=O) groups excluding carboxylic acids is 2. The topological polar surface area (TPSA) is 153 Å². The number of ether oxygens (including phenoxy) is 2. The van der Waals surface area contributed by atoms with Crippen molar-refractivity contribution in [3.05, 3.63) is 45.4 Å². The molecule has 0 aliphatic heterocycles. The Hall–Kier alpha value is -3.90. The molecule has 0 bridgehead atoms. The van der Waals surface area contributed by atoms with E-state index in [1.807, 2.05) is 18.2 Å². The number of aromatic nitrogens is 2. The molecule has 39 heavy (non-hydrogen) atoms. The van der Waals surface area contributed by atoms with Crippen LogP contribution in [0.25, 0.3) is 20.4 Å². The van der Waals surface area contributed by atoms with Crippen LogP contribution in [0.2, 0.25) is 0 Å². The lowest BCUT2D eigenvalue weighted by molar-refractivity contribution is -0.137. The first-order valence-corrected chi connectivity index (χ1v) is 13.8. The van der Waals surface area contributed by atoms with Gasteiger partial charge in [-0.2, -0.15) is 0 Å². The minimum atomic E-state index is -1.03. The van der Waals surface area contributed by atoms with Crippen molar-refractivity contribution in [1.29, 1.82) is 0 Å². The minimum Gasteiger partial charge on any atom is -0.496 e. The Morgan fingerprint density at radius 1 is 0.744 bits per heavy atom. The van der Waals surface area contributed by atoms with E-state index in [2.05, 4.69) is 4.98 Å². The number of aliphatic carboxylic acids is 2. The highest BCUT2D eigenvalue weighted by Gasteiger charge is 2.18. The van der Waals surface area contributed by atoms with Crippen LogP contribution in [-0.2, 0) is 22.4 Å². The molecular formula is C27H26N2O8S2. The summed E-state index contributed by atoms with van der Waals surface area (Å²) in [5, 5.41) is 18.0. The van der Waals surface area contributed by atoms with Crippen LogP contribution in [0.15, 0.2) is 24.3 Å². The number of hydrogen-bond donors (Lipinski definition) is 2. The molecule has 0 unspecified atom stereocenters. The summed E-state index contributed by atoms with van der Waals surface area (Å²) in [6.07, 6.45) is 1.34. The average molecular weight is 571 g/mol. The monoisotopic (exact) mass is 570 g/mol. The number of pyridine rings is 1. The molecule has 0 aliphatic rings. The quantitative estimate of drug-likeness (QED) is 0.194. The molecule has 0 spiro atoms. The number of thiazole rings is 1. The van der Waals surface area contributed by atoms with Gasteiger partial charge in [-0.1, -0.05) is 0 Å². The van der Waals surface area contributed by atoms with Crippen molar-refractivity contribution in [3.8, 4) is 11.5 Å². The maximum Gasteiger partial charge on any atom is 0.303 e. The Morgan fingerprint density at radius 2 is 1.36 bits per heavy atom. The van der Waals surface area contributed by atoms with Gasteiger partial charge >= 0.3 is 11.9 Å². The van der Waals surface area contributed by atoms with E-state index in [0.717, 1.165) is 20.7 Å². The van der Waals surface area contributed by atoms with Gasteiger partial charge in [0.1, 0.15) is 11.5 Å². The van der Waals surface area contributed by atoms with Crippen LogP contribution >= 0.6 is 22.7 Å². The lowest BCUT2D eigenvalue weighted by Gasteiger charge is -2.10. The van der Waals surface area contributed by atoms with Gasteiger partial charge in [0.25, 0.3) is 0 Å². The van der Waals surface area contributed by atoms with E-state index in [1.165, 1.54) is 22.7 Å². The summed E-state index contributed by atoms with van der Waals surface area (Å²) in [6.45, 7) is 0. The number of ketones is 2. The molecule has 0 saturated heterocycles. The third kappa shape index (κ3) is 6.76. The van der Waals surface area contributed by atoms with Crippen molar-refractivity contribution in [2.75, 3.05) is 14.2 Å². The predicted molar refractivity (Wildman–Crippen MR) is 147 cm³/mol. The lowest BCUT2D eigenvalue weighted by atomic mass is 10.0. The maximum atomic E-state index is 12.4. The van der Waals surface area contributed by atoms with Gasteiger partial charge in [0.05, 0.1) is 58.1 Å². The number of rotatable bonds is 14. The van der Waals surface area contributed by atoms with Crippen LogP contribution in [0.5, 0.6) is 11.5 Å². The summed E-state index contributed by atoms with van der Waals surface area (Å²) in [7, 11) is 3.14. The first kappa shape index (κ1) is 28.1. The normalized spacial score (nSPS) is 11.1. The molecule has 12 heteroatoms. The van der Waals surface area contributed by atoms with Crippen LogP contribution in [0.1, 0.15) is 62.8 Å². The van der Waals surface area contributed by atoms with Crippen molar-refractivity contribution >= 4 is 66.6 Å². The number of fused-ring (bicyclic) bond motifs is 2. The minimum absolute atomic E-state index is 0.0602. The third-order valence-electron chi connectivity index (χ3n) is 6.06. The highest BCUT2D eigenvalue weighted by atomic mass is 32.1. The Labute approximate surface area is 231 Å². The zero-order valence-corrected chi connectivity index (χ0v) is 22.9. The summed E-state index contributed by atoms with van der Waals surface area (Å²) >= 11 is 2.49. The molecular weight excluding hydrogens is 544 g/mol. The average Bonchev–Trinajstić information content (AvgIpc) is 3.52. The molecule has 204 valence electrons. The van der Waals surface area contributed by atoms with Crippen LogP contribution in [0.4, 0.5) is 0 Å². The zero-order valence-electron chi connectivity index (χ0n) is 21.3. The van der Waals surface area contributed by atoms with E-state index in [-0.39, 0.29) is 42.3 Å². The Bertz CT molecular complexity index is 1460. The number of Topliss-reactive ketones (excluding diaryl/α,β-unsaturated/α-hetero) is 2. The predicted octanol–water partition coefficient (Wildman–Crippen LogP) is 5.19. The number of hydrogen-bond acceptors (Lipinski definition) is 10. The van der Waals surface area contributed by atoms with Gasteiger partial charge in [0.2, 0.25) is 0 Å². The van der Waals surface area contributed by atoms with Gasteiger partial charge < -0.3 is 19.7 Å². The molecule has 0 amide bonds. The van der Waals surface area contributed by atoms with Crippen molar-refractivity contribution in [2.45, 2.75) is 44.9 Å². The molecule has 3 aromatic heterocycles. The van der Waals surface area contributed by atoms with E-state index in [1.54, 1.807) is 20.3 Å². The van der Waals surface area contributed by atoms with E-state index in [4.69, 9.17) is 24.7 Å². The SMILES string of the molecule is COc1cc2sc(C(=O)CCC(=O)O)nc2cc1CCCc1nc2cc(C(=O)CCC(=O)O)sc2cc1OC. The molecule has 0 aliphatic carbocycles. The van der Waals surface area contributed by atoms with Gasteiger partial charge in [0, 0.05) is 18.9 Å². The summed E-state index contributed by atoms with van der Waals surface area (Å²) < 4.78 is 12.7. The van der Waals surface area contributed by atoms with E-state index >= 15 is 0 Å². The molecule has 4 aromatic rings. The third-order valence-corrected chi connectivity index (χ3v) is 8.23. The Balaban J connectivity index is 1.49. The first-order chi connectivity index (χ1) is 18.7. The van der Waals surface area contributed by atoms with E-state index in [0.29, 0.717) is 46.7 Å². The van der Waals surface area contributed by atoms with Gasteiger partial charge in [-0.05, 0) is 43.0 Å². The fourth-order valence-electron chi connectivity index (χ4n) is 4.10. The second kappa shape index (κ2) is 12.3. The number of nitrogens with zero attached hydrogens (tertiary/aromatic N) is 2. The molecule has 0 fully saturated rings. The molecule has 0 saturated carbocycles. The van der Waals surface area contributed by atoms with Gasteiger partial charge in [-0.3, -0.25) is 19.2 Å². The van der Waals surface area contributed by atoms with E-state index < -0.39 is 11.9 Å². The molecule has 1 aromatic carbocycles. The largest absolute Gasteiger partial charge is 0.496 e. The number of benzene rings is 1. The zero-order chi connectivity index (χ0) is 28.1. The van der Waals surface area contributed by atoms with Crippen LogP contribution in [0.3, 0.4) is 0 Å². The molecule has 10 nitrogen and oxygen atoms in total. The molecule has 4 rings (SSSR count). The number of aryl methyl sites for hydroxylation is 2. The van der Waals surface area contributed by atoms with Crippen molar-refractivity contribution < 1.29 is 38.9 Å². The van der Waals surface area contributed by atoms with Crippen molar-refractivity contribution in [2.24, 2.45) is 0 Å². The van der Waals surface area contributed by atoms with Crippen LogP contribution < -0.4 is 9.47 Å². The standard InChI is InChI=1S/C27H26N2O8S2/c1-36-20-12-23-16(29-27(39-23)19(31)7-9-26(34)35)10-14(20)4-3-5-15-21(37-2)13-22-17(28-15)11-24(38-22)18(30)6-8-25(32)33/h10-13H,3-9H2,1-2H3,(H,32,33)(H,34,35). The maximum absolute atomic E-state index is 12.4. The van der Waals surface area contributed by atoms with E-state index in [9.17, 15) is 19.2 Å². The summed E-state index contributed by atoms with van der Waals surface area (Å²) in [6, 6.07) is 7.28. The first-order valence-electron chi connectivity index (χ1n) is 12.1. The molecule has 0 atom stereocenters.